The number of hydrogen-bond donors (Lipinski definition) is 2. The minimum atomic E-state index is -4.56. The summed E-state index contributed by atoms with van der Waals surface area (Å²) in [6, 6.07) is 5.92. The summed E-state index contributed by atoms with van der Waals surface area (Å²) in [6.07, 6.45) is -0.257. The van der Waals surface area contributed by atoms with Crippen LogP contribution in [0.4, 0.5) is 0 Å². The first kappa shape index (κ1) is 16.8. The SMILES string of the molecule is COC(CC(=O)Cc1ccc(OP(=O)(O)O)cc1)OC. The molecule has 7 nitrogen and oxygen atoms in total. The summed E-state index contributed by atoms with van der Waals surface area (Å²) in [5.41, 5.74) is 0.707. The molecule has 0 unspecified atom stereocenters. The lowest BCUT2D eigenvalue weighted by molar-refractivity contribution is -0.136. The van der Waals surface area contributed by atoms with Crippen LogP contribution in [0.15, 0.2) is 24.3 Å². The molecule has 0 radical (unpaired) electrons. The number of carbonyl (C=O) groups is 1. The largest absolute Gasteiger partial charge is 0.524 e. The fourth-order valence-electron chi connectivity index (χ4n) is 1.55. The average Bonchev–Trinajstić information content (AvgIpc) is 2.36. The molecule has 8 heteroatoms. The Labute approximate surface area is 116 Å². The van der Waals surface area contributed by atoms with Gasteiger partial charge in [-0.3, -0.25) is 14.6 Å². The summed E-state index contributed by atoms with van der Waals surface area (Å²) in [4.78, 5) is 29.0. The van der Waals surface area contributed by atoms with Crippen molar-refractivity contribution in [1.29, 1.82) is 0 Å². The van der Waals surface area contributed by atoms with E-state index in [0.717, 1.165) is 0 Å². The Bertz CT molecular complexity index is 475. The first-order valence-corrected chi connectivity index (χ1v) is 7.28. The van der Waals surface area contributed by atoms with Crippen LogP contribution in [0.1, 0.15) is 12.0 Å². The van der Waals surface area contributed by atoms with Crippen LogP contribution in [0.5, 0.6) is 5.75 Å². The van der Waals surface area contributed by atoms with Gasteiger partial charge in [0.1, 0.15) is 11.5 Å². The maximum absolute atomic E-state index is 11.7. The van der Waals surface area contributed by atoms with Gasteiger partial charge in [0.25, 0.3) is 0 Å². The van der Waals surface area contributed by atoms with Gasteiger partial charge in [0, 0.05) is 20.6 Å². The molecule has 0 atom stereocenters. The second-order valence-corrected chi connectivity index (χ2v) is 5.21. The van der Waals surface area contributed by atoms with Crippen LogP contribution in [-0.4, -0.2) is 36.1 Å². The second-order valence-electron chi connectivity index (χ2n) is 4.05. The van der Waals surface area contributed by atoms with Crippen molar-refractivity contribution in [2.75, 3.05) is 14.2 Å². The number of ketones is 1. The average molecular weight is 304 g/mol. The molecule has 112 valence electrons. The molecule has 0 bridgehead atoms. The van der Waals surface area contributed by atoms with Gasteiger partial charge in [0.15, 0.2) is 6.29 Å². The number of phosphoric acid groups is 1. The summed E-state index contributed by atoms with van der Waals surface area (Å²) in [7, 11) is -1.65. The van der Waals surface area contributed by atoms with E-state index >= 15 is 0 Å². The highest BCUT2D eigenvalue weighted by Crippen LogP contribution is 2.37. The van der Waals surface area contributed by atoms with Crippen molar-refractivity contribution in [3.63, 3.8) is 0 Å². The van der Waals surface area contributed by atoms with Gasteiger partial charge in [-0.1, -0.05) is 12.1 Å². The number of benzene rings is 1. The van der Waals surface area contributed by atoms with Crippen LogP contribution in [0.2, 0.25) is 0 Å². The van der Waals surface area contributed by atoms with Gasteiger partial charge in [-0.05, 0) is 17.7 Å². The molecule has 0 aliphatic rings. The number of Topliss-reactive ketones (excluding diaryl/α,β-unsaturated/α-hetero) is 1. The maximum Gasteiger partial charge on any atom is 0.524 e. The summed E-state index contributed by atoms with van der Waals surface area (Å²) in [5, 5.41) is 0. The predicted molar refractivity (Wildman–Crippen MR) is 70.2 cm³/mol. The number of phosphoric ester groups is 1. The molecular formula is C12H17O7P. The normalized spacial score (nSPS) is 11.7. The fourth-order valence-corrected chi connectivity index (χ4v) is 1.95. The number of ether oxygens (including phenoxy) is 2. The molecule has 1 aromatic carbocycles. The summed E-state index contributed by atoms with van der Waals surface area (Å²) in [5.74, 6) is -0.0245. The Morgan fingerprint density at radius 3 is 2.20 bits per heavy atom. The Hall–Kier alpha value is -1.24. The topological polar surface area (TPSA) is 102 Å². The third kappa shape index (κ3) is 6.27. The van der Waals surface area contributed by atoms with Crippen molar-refractivity contribution in [2.45, 2.75) is 19.1 Å². The Morgan fingerprint density at radius 2 is 1.75 bits per heavy atom. The molecule has 0 heterocycles. The van der Waals surface area contributed by atoms with E-state index in [1.807, 2.05) is 0 Å². The summed E-state index contributed by atoms with van der Waals surface area (Å²) >= 11 is 0. The van der Waals surface area contributed by atoms with Crippen LogP contribution < -0.4 is 4.52 Å². The molecule has 0 aliphatic heterocycles. The Kier molecular flexibility index (Phi) is 6.32. The van der Waals surface area contributed by atoms with E-state index < -0.39 is 14.1 Å². The third-order valence-electron chi connectivity index (χ3n) is 2.47. The van der Waals surface area contributed by atoms with E-state index in [1.165, 1.54) is 26.4 Å². The van der Waals surface area contributed by atoms with Crippen molar-refractivity contribution < 1.29 is 33.1 Å². The molecule has 0 saturated carbocycles. The second kappa shape index (κ2) is 7.52. The standard InChI is InChI=1S/C12H17O7P/c1-17-12(18-2)8-10(13)7-9-3-5-11(6-4-9)19-20(14,15)16/h3-6,12H,7-8H2,1-2H3,(H2,14,15,16). The third-order valence-corrected chi connectivity index (χ3v) is 2.92. The van der Waals surface area contributed by atoms with Crippen molar-refractivity contribution >= 4 is 13.6 Å². The van der Waals surface area contributed by atoms with Crippen LogP contribution in [0, 0.1) is 0 Å². The lowest BCUT2D eigenvalue weighted by atomic mass is 10.1. The lowest BCUT2D eigenvalue weighted by Gasteiger charge is -2.12. The molecule has 1 rings (SSSR count). The molecule has 0 spiro atoms. The van der Waals surface area contributed by atoms with E-state index in [2.05, 4.69) is 4.52 Å². The molecule has 0 saturated heterocycles. The zero-order chi connectivity index (χ0) is 15.2. The fraction of sp³-hybridized carbons (Fsp3) is 0.417. The van der Waals surface area contributed by atoms with Crippen molar-refractivity contribution in [2.24, 2.45) is 0 Å². The van der Waals surface area contributed by atoms with Gasteiger partial charge in [-0.25, -0.2) is 4.57 Å². The van der Waals surface area contributed by atoms with Gasteiger partial charge in [0.05, 0.1) is 6.42 Å². The Balaban J connectivity index is 2.57. The molecule has 0 fully saturated rings. The van der Waals surface area contributed by atoms with Gasteiger partial charge < -0.3 is 14.0 Å². The molecule has 0 aliphatic carbocycles. The number of hydrogen-bond acceptors (Lipinski definition) is 5. The lowest BCUT2D eigenvalue weighted by Crippen LogP contribution is -2.19. The van der Waals surface area contributed by atoms with Crippen molar-refractivity contribution in [1.82, 2.24) is 0 Å². The van der Waals surface area contributed by atoms with Crippen LogP contribution >= 0.6 is 7.82 Å². The molecule has 20 heavy (non-hydrogen) atoms. The van der Waals surface area contributed by atoms with E-state index in [1.54, 1.807) is 12.1 Å². The van der Waals surface area contributed by atoms with Gasteiger partial charge in [0.2, 0.25) is 0 Å². The highest BCUT2D eigenvalue weighted by Gasteiger charge is 2.16. The zero-order valence-electron chi connectivity index (χ0n) is 11.2. The summed E-state index contributed by atoms with van der Waals surface area (Å²) < 4.78 is 24.9. The predicted octanol–water partition coefficient (Wildman–Crippen LogP) is 1.28. The van der Waals surface area contributed by atoms with E-state index in [0.29, 0.717) is 5.56 Å². The minimum absolute atomic E-state index is 0.0428. The van der Waals surface area contributed by atoms with Crippen molar-refractivity contribution in [3.8, 4) is 5.75 Å². The van der Waals surface area contributed by atoms with Crippen molar-refractivity contribution in [3.05, 3.63) is 29.8 Å². The molecule has 1 aromatic rings. The van der Waals surface area contributed by atoms with Gasteiger partial charge >= 0.3 is 7.82 Å². The molecular weight excluding hydrogens is 287 g/mol. The van der Waals surface area contributed by atoms with E-state index in [-0.39, 0.29) is 24.4 Å². The monoisotopic (exact) mass is 304 g/mol. The highest BCUT2D eigenvalue weighted by atomic mass is 31.2. The van der Waals surface area contributed by atoms with E-state index in [9.17, 15) is 9.36 Å². The maximum atomic E-state index is 11.7. The molecule has 0 amide bonds. The summed E-state index contributed by atoms with van der Waals surface area (Å²) in [6.45, 7) is 0. The van der Waals surface area contributed by atoms with Gasteiger partial charge in [-0.2, -0.15) is 0 Å². The first-order chi connectivity index (χ1) is 9.34. The Morgan fingerprint density at radius 1 is 1.20 bits per heavy atom. The molecule has 0 aromatic heterocycles. The smallest absolute Gasteiger partial charge is 0.404 e. The van der Waals surface area contributed by atoms with Gasteiger partial charge in [-0.15, -0.1) is 0 Å². The zero-order valence-corrected chi connectivity index (χ0v) is 12.1. The quantitative estimate of drug-likeness (QED) is 0.551. The number of methoxy groups -OCH3 is 2. The first-order valence-electron chi connectivity index (χ1n) is 5.75. The van der Waals surface area contributed by atoms with E-state index in [4.69, 9.17) is 19.3 Å². The highest BCUT2D eigenvalue weighted by molar-refractivity contribution is 7.46. The number of carbonyl (C=O) groups excluding carboxylic acids is 1. The van der Waals surface area contributed by atoms with Crippen LogP contribution in [-0.2, 0) is 25.3 Å². The number of rotatable bonds is 8. The van der Waals surface area contributed by atoms with Crippen LogP contribution in [0.25, 0.3) is 0 Å². The minimum Gasteiger partial charge on any atom is -0.404 e. The molecule has 2 N–H and O–H groups in total. The van der Waals surface area contributed by atoms with Crippen LogP contribution in [0.3, 0.4) is 0 Å².